The molecule has 0 saturated heterocycles. The molecular formula is C21H28N2O5S. The molecule has 0 fully saturated rings. The molecule has 0 aliphatic carbocycles. The molecule has 1 aromatic heterocycles. The van der Waals surface area contributed by atoms with E-state index in [1.54, 1.807) is 33.1 Å². The maximum atomic E-state index is 13.7. The summed E-state index contributed by atoms with van der Waals surface area (Å²) in [5.41, 5.74) is 3.24. The van der Waals surface area contributed by atoms with Gasteiger partial charge in [0.1, 0.15) is 12.4 Å². The van der Waals surface area contributed by atoms with E-state index in [9.17, 15) is 13.2 Å². The minimum Gasteiger partial charge on any atom is -0.497 e. The molecule has 0 spiro atoms. The van der Waals surface area contributed by atoms with Crippen molar-refractivity contribution in [2.45, 2.75) is 45.2 Å². The van der Waals surface area contributed by atoms with Gasteiger partial charge in [0.05, 0.1) is 24.7 Å². The molecule has 1 aromatic carbocycles. The predicted molar refractivity (Wildman–Crippen MR) is 110 cm³/mol. The second kappa shape index (κ2) is 8.30. The second-order valence-corrected chi connectivity index (χ2v) is 9.32. The molecule has 2 aromatic rings. The predicted octanol–water partition coefficient (Wildman–Crippen LogP) is 2.77. The van der Waals surface area contributed by atoms with Crippen LogP contribution in [-0.2, 0) is 26.1 Å². The zero-order valence-electron chi connectivity index (χ0n) is 17.6. The highest BCUT2D eigenvalue weighted by atomic mass is 32.2. The van der Waals surface area contributed by atoms with Crippen molar-refractivity contribution in [2.24, 2.45) is 0 Å². The number of aromatic nitrogens is 1. The van der Waals surface area contributed by atoms with E-state index in [2.05, 4.69) is 4.57 Å². The quantitative estimate of drug-likeness (QED) is 0.688. The van der Waals surface area contributed by atoms with Gasteiger partial charge in [-0.05, 0) is 63.1 Å². The van der Waals surface area contributed by atoms with Crippen molar-refractivity contribution >= 4 is 15.8 Å². The van der Waals surface area contributed by atoms with Gasteiger partial charge in [-0.2, -0.15) is 4.31 Å². The SMILES string of the molecule is COc1cc(C)c(S(=O)(=O)N2CCn3c(C)ccc3C2COCC(C)=O)c(C)c1. The fourth-order valence-electron chi connectivity index (χ4n) is 4.01. The number of sulfonamides is 1. The van der Waals surface area contributed by atoms with E-state index in [4.69, 9.17) is 9.47 Å². The Morgan fingerprint density at radius 1 is 1.14 bits per heavy atom. The Hall–Kier alpha value is -2.16. The highest BCUT2D eigenvalue weighted by Crippen LogP contribution is 2.36. The first kappa shape index (κ1) is 21.5. The summed E-state index contributed by atoms with van der Waals surface area (Å²) in [6.45, 7) is 8.00. The summed E-state index contributed by atoms with van der Waals surface area (Å²) >= 11 is 0. The van der Waals surface area contributed by atoms with Crippen LogP contribution in [0.3, 0.4) is 0 Å². The average Bonchev–Trinajstić information content (AvgIpc) is 3.02. The van der Waals surface area contributed by atoms with Gasteiger partial charge in [-0.1, -0.05) is 0 Å². The Balaban J connectivity index is 2.03. The van der Waals surface area contributed by atoms with Gasteiger partial charge in [-0.3, -0.25) is 4.79 Å². The van der Waals surface area contributed by atoms with Crippen LogP contribution in [0, 0.1) is 20.8 Å². The number of carbonyl (C=O) groups excluding carboxylic acids is 1. The largest absolute Gasteiger partial charge is 0.497 e. The topological polar surface area (TPSA) is 77.8 Å². The molecule has 3 rings (SSSR count). The summed E-state index contributed by atoms with van der Waals surface area (Å²) in [6.07, 6.45) is 0. The zero-order valence-corrected chi connectivity index (χ0v) is 18.4. The van der Waals surface area contributed by atoms with E-state index in [0.717, 1.165) is 11.4 Å². The third kappa shape index (κ3) is 4.10. The van der Waals surface area contributed by atoms with Crippen LogP contribution in [0.15, 0.2) is 29.2 Å². The van der Waals surface area contributed by atoms with Crippen molar-refractivity contribution in [3.05, 3.63) is 46.8 Å². The Morgan fingerprint density at radius 2 is 1.79 bits per heavy atom. The van der Waals surface area contributed by atoms with Crippen LogP contribution in [0.25, 0.3) is 0 Å². The normalized spacial score (nSPS) is 17.2. The lowest BCUT2D eigenvalue weighted by molar-refractivity contribution is -0.121. The second-order valence-electron chi connectivity index (χ2n) is 7.49. The first-order valence-corrected chi connectivity index (χ1v) is 11.0. The molecule has 1 unspecified atom stereocenters. The molecule has 2 heterocycles. The minimum atomic E-state index is -3.78. The zero-order chi connectivity index (χ0) is 21.3. The number of benzene rings is 1. The van der Waals surface area contributed by atoms with Crippen LogP contribution in [0.1, 0.15) is 35.5 Å². The van der Waals surface area contributed by atoms with Crippen molar-refractivity contribution in [3.63, 3.8) is 0 Å². The number of carbonyl (C=O) groups is 1. The Kier molecular flexibility index (Phi) is 6.16. The van der Waals surface area contributed by atoms with Crippen LogP contribution in [0.5, 0.6) is 5.75 Å². The maximum absolute atomic E-state index is 13.7. The molecule has 0 saturated carbocycles. The lowest BCUT2D eigenvalue weighted by atomic mass is 10.1. The van der Waals surface area contributed by atoms with Crippen LogP contribution in [0.2, 0.25) is 0 Å². The van der Waals surface area contributed by atoms with Gasteiger partial charge in [0.25, 0.3) is 0 Å². The van der Waals surface area contributed by atoms with Crippen LogP contribution >= 0.6 is 0 Å². The van der Waals surface area contributed by atoms with E-state index in [1.165, 1.54) is 11.2 Å². The van der Waals surface area contributed by atoms with E-state index in [-0.39, 0.29) is 19.0 Å². The van der Waals surface area contributed by atoms with E-state index < -0.39 is 16.1 Å². The standard InChI is InChI=1S/C21H28N2O5S/c1-14-10-18(27-5)11-15(2)21(14)29(25,26)23-9-8-22-16(3)6-7-19(22)20(23)13-28-12-17(4)24/h6-7,10-11,20H,8-9,12-13H2,1-5H3. The number of ether oxygens (including phenoxy) is 2. The Bertz CT molecular complexity index is 1000. The molecule has 7 nitrogen and oxygen atoms in total. The number of aryl methyl sites for hydroxylation is 3. The summed E-state index contributed by atoms with van der Waals surface area (Å²) in [7, 11) is -2.22. The van der Waals surface area contributed by atoms with Gasteiger partial charge in [-0.25, -0.2) is 8.42 Å². The molecule has 1 aliphatic heterocycles. The average molecular weight is 421 g/mol. The van der Waals surface area contributed by atoms with Gasteiger partial charge < -0.3 is 14.0 Å². The highest BCUT2D eigenvalue weighted by Gasteiger charge is 2.38. The summed E-state index contributed by atoms with van der Waals surface area (Å²) in [5, 5.41) is 0. The lowest BCUT2D eigenvalue weighted by Crippen LogP contribution is -2.44. The monoisotopic (exact) mass is 420 g/mol. The molecule has 29 heavy (non-hydrogen) atoms. The highest BCUT2D eigenvalue weighted by molar-refractivity contribution is 7.89. The van der Waals surface area contributed by atoms with Gasteiger partial charge in [0, 0.05) is 24.5 Å². The van der Waals surface area contributed by atoms with Crippen LogP contribution in [0.4, 0.5) is 0 Å². The van der Waals surface area contributed by atoms with Gasteiger partial charge in [-0.15, -0.1) is 0 Å². The first-order chi connectivity index (χ1) is 13.7. The van der Waals surface area contributed by atoms with E-state index in [0.29, 0.717) is 34.9 Å². The fourth-order valence-corrected chi connectivity index (χ4v) is 6.00. The number of hydrogen-bond donors (Lipinski definition) is 0. The Morgan fingerprint density at radius 3 is 2.38 bits per heavy atom. The molecule has 0 amide bonds. The summed E-state index contributed by atoms with van der Waals surface area (Å²) in [6, 6.07) is 6.89. The lowest BCUT2D eigenvalue weighted by Gasteiger charge is -2.37. The number of nitrogens with zero attached hydrogens (tertiary/aromatic N) is 2. The number of methoxy groups -OCH3 is 1. The molecule has 158 valence electrons. The molecule has 1 atom stereocenters. The van der Waals surface area contributed by atoms with Crippen molar-refractivity contribution in [3.8, 4) is 5.75 Å². The molecule has 0 bridgehead atoms. The molecule has 0 N–H and O–H groups in total. The summed E-state index contributed by atoms with van der Waals surface area (Å²) < 4.78 is 41.9. The van der Waals surface area contributed by atoms with Crippen molar-refractivity contribution < 1.29 is 22.7 Å². The molecule has 8 heteroatoms. The van der Waals surface area contributed by atoms with Gasteiger partial charge in [0.15, 0.2) is 5.78 Å². The maximum Gasteiger partial charge on any atom is 0.244 e. The Labute approximate surface area is 172 Å². The first-order valence-electron chi connectivity index (χ1n) is 9.57. The summed E-state index contributed by atoms with van der Waals surface area (Å²) in [4.78, 5) is 11.6. The number of ketones is 1. The molecule has 0 radical (unpaired) electrons. The number of Topliss-reactive ketones (excluding diaryl/α,β-unsaturated/α-hetero) is 1. The third-order valence-electron chi connectivity index (χ3n) is 5.28. The fraction of sp³-hybridized carbons (Fsp3) is 0.476. The van der Waals surface area contributed by atoms with Gasteiger partial charge in [0.2, 0.25) is 10.0 Å². The van der Waals surface area contributed by atoms with Crippen LogP contribution < -0.4 is 4.74 Å². The van der Waals surface area contributed by atoms with Crippen molar-refractivity contribution in [2.75, 3.05) is 26.9 Å². The third-order valence-corrected chi connectivity index (χ3v) is 7.50. The molecule has 1 aliphatic rings. The van der Waals surface area contributed by atoms with Crippen LogP contribution in [-0.4, -0.2) is 49.9 Å². The van der Waals surface area contributed by atoms with Crippen molar-refractivity contribution in [1.29, 1.82) is 0 Å². The summed E-state index contributed by atoms with van der Waals surface area (Å²) in [5.74, 6) is 0.534. The number of fused-ring (bicyclic) bond motifs is 1. The van der Waals surface area contributed by atoms with Gasteiger partial charge >= 0.3 is 0 Å². The molecular weight excluding hydrogens is 392 g/mol. The number of rotatable bonds is 7. The van der Waals surface area contributed by atoms with E-state index >= 15 is 0 Å². The van der Waals surface area contributed by atoms with Crippen molar-refractivity contribution in [1.82, 2.24) is 8.87 Å². The van der Waals surface area contributed by atoms with E-state index in [1.807, 2.05) is 19.1 Å². The smallest absolute Gasteiger partial charge is 0.244 e. The number of hydrogen-bond acceptors (Lipinski definition) is 5. The minimum absolute atomic E-state index is 0.0370.